The number of phosphoric acid groups is 1. The molecule has 0 saturated carbocycles. The van der Waals surface area contributed by atoms with Crippen molar-refractivity contribution < 1.29 is 42.1 Å². The van der Waals surface area contributed by atoms with Crippen molar-refractivity contribution in [2.45, 2.75) is 367 Å². The molecule has 0 amide bonds. The summed E-state index contributed by atoms with van der Waals surface area (Å²) < 4.78 is 34.8. The second-order valence-electron chi connectivity index (χ2n) is 27.4. The van der Waals surface area contributed by atoms with Gasteiger partial charge in [0.15, 0.2) is 6.10 Å². The first kappa shape index (κ1) is 88.9. The van der Waals surface area contributed by atoms with E-state index in [1.165, 1.54) is 238 Å². The molecule has 92 heavy (non-hydrogen) atoms. The van der Waals surface area contributed by atoms with Crippen molar-refractivity contribution in [1.29, 1.82) is 0 Å². The van der Waals surface area contributed by atoms with Gasteiger partial charge in [0.1, 0.15) is 19.8 Å². The maximum absolute atomic E-state index is 12.9. The van der Waals surface area contributed by atoms with Gasteiger partial charge in [0.25, 0.3) is 0 Å². The molecule has 0 spiro atoms. The highest BCUT2D eigenvalue weighted by Gasteiger charge is 2.27. The summed E-state index contributed by atoms with van der Waals surface area (Å²) in [6.07, 6.45) is 101. The Labute approximate surface area is 570 Å². The quantitative estimate of drug-likeness (QED) is 0.0211. The van der Waals surface area contributed by atoms with Gasteiger partial charge in [-0.1, -0.05) is 349 Å². The molecule has 0 saturated heterocycles. The fourth-order valence-corrected chi connectivity index (χ4v) is 11.9. The fourth-order valence-electron chi connectivity index (χ4n) is 11.2. The van der Waals surface area contributed by atoms with E-state index in [0.29, 0.717) is 17.4 Å². The van der Waals surface area contributed by atoms with Crippen molar-refractivity contribution in [1.82, 2.24) is 0 Å². The number of esters is 2. The third kappa shape index (κ3) is 76.0. The van der Waals surface area contributed by atoms with E-state index in [1.807, 2.05) is 21.1 Å². The number of allylic oxidation sites excluding steroid dienone is 16. The predicted octanol–water partition coefficient (Wildman–Crippen LogP) is 25.8. The van der Waals surface area contributed by atoms with Gasteiger partial charge in [0.2, 0.25) is 0 Å². The lowest BCUT2D eigenvalue weighted by Gasteiger charge is -2.24. The molecular weight excluding hydrogens is 1160 g/mol. The Kier molecular flexibility index (Phi) is 69.8. The van der Waals surface area contributed by atoms with E-state index in [-0.39, 0.29) is 32.0 Å². The lowest BCUT2D eigenvalue weighted by atomic mass is 10.0. The second kappa shape index (κ2) is 72.2. The maximum atomic E-state index is 12.9. The van der Waals surface area contributed by atoms with Crippen molar-refractivity contribution in [3.8, 4) is 0 Å². The van der Waals surface area contributed by atoms with E-state index in [1.54, 1.807) is 0 Å². The summed E-state index contributed by atoms with van der Waals surface area (Å²) in [6, 6.07) is 0. The van der Waals surface area contributed by atoms with Gasteiger partial charge in [-0.3, -0.25) is 18.6 Å². The molecule has 0 bridgehead atoms. The zero-order chi connectivity index (χ0) is 66.9. The molecule has 1 N–H and O–H groups in total. The Bertz CT molecular complexity index is 1880. The Morgan fingerprint density at radius 2 is 0.620 bits per heavy atom. The van der Waals surface area contributed by atoms with Crippen LogP contribution in [-0.4, -0.2) is 74.9 Å². The lowest BCUT2D eigenvalue weighted by molar-refractivity contribution is -0.870. The minimum absolute atomic E-state index is 0.0288. The lowest BCUT2D eigenvalue weighted by Crippen LogP contribution is -2.37. The minimum Gasteiger partial charge on any atom is -0.462 e. The molecule has 9 nitrogen and oxygen atoms in total. The van der Waals surface area contributed by atoms with Crippen LogP contribution in [0.5, 0.6) is 0 Å². The van der Waals surface area contributed by atoms with E-state index in [9.17, 15) is 19.0 Å². The van der Waals surface area contributed by atoms with Crippen LogP contribution in [0.15, 0.2) is 97.2 Å². The predicted molar refractivity (Wildman–Crippen MR) is 399 cm³/mol. The number of hydrogen-bond acceptors (Lipinski definition) is 7. The van der Waals surface area contributed by atoms with Crippen LogP contribution in [0.4, 0.5) is 0 Å². The molecule has 0 aliphatic rings. The van der Waals surface area contributed by atoms with Gasteiger partial charge in [-0.25, -0.2) is 4.57 Å². The van der Waals surface area contributed by atoms with Gasteiger partial charge in [0.05, 0.1) is 27.7 Å². The van der Waals surface area contributed by atoms with Gasteiger partial charge in [-0.2, -0.15) is 0 Å². The van der Waals surface area contributed by atoms with Gasteiger partial charge >= 0.3 is 19.8 Å². The smallest absolute Gasteiger partial charge is 0.462 e. The molecule has 0 aromatic rings. The van der Waals surface area contributed by atoms with Crippen LogP contribution in [0.2, 0.25) is 0 Å². The Morgan fingerprint density at radius 3 is 0.924 bits per heavy atom. The molecule has 0 fully saturated rings. The third-order valence-electron chi connectivity index (χ3n) is 17.1. The monoisotopic (exact) mass is 1310 g/mol. The number of ether oxygens (including phenoxy) is 2. The fraction of sp³-hybridized carbons (Fsp3) is 0.780. The molecule has 0 rings (SSSR count). The van der Waals surface area contributed by atoms with E-state index < -0.39 is 26.5 Å². The first-order chi connectivity index (χ1) is 45.0. The van der Waals surface area contributed by atoms with Crippen molar-refractivity contribution >= 4 is 19.8 Å². The zero-order valence-corrected chi connectivity index (χ0v) is 61.9. The van der Waals surface area contributed by atoms with Crippen LogP contribution in [0.3, 0.4) is 0 Å². The van der Waals surface area contributed by atoms with Gasteiger partial charge < -0.3 is 18.9 Å². The number of phosphoric ester groups is 1. The topological polar surface area (TPSA) is 108 Å². The average molecular weight is 1310 g/mol. The molecule has 0 aliphatic carbocycles. The summed E-state index contributed by atoms with van der Waals surface area (Å²) in [5.41, 5.74) is 0. The number of likely N-dealkylation sites (N-methyl/N-ethyl adjacent to an activating group) is 1. The summed E-state index contributed by atoms with van der Waals surface area (Å²) in [5.74, 6) is -0.791. The van der Waals surface area contributed by atoms with Crippen LogP contribution in [0.1, 0.15) is 361 Å². The Morgan fingerprint density at radius 1 is 0.348 bits per heavy atom. The number of quaternary nitrogens is 1. The molecule has 0 heterocycles. The zero-order valence-electron chi connectivity index (χ0n) is 61.0. The summed E-state index contributed by atoms with van der Waals surface area (Å²) in [5, 5.41) is 0. The summed E-state index contributed by atoms with van der Waals surface area (Å²) in [4.78, 5) is 36.0. The molecular formula is C82H149NO8P+. The van der Waals surface area contributed by atoms with E-state index in [2.05, 4.69) is 111 Å². The second-order valence-corrected chi connectivity index (χ2v) is 28.8. The van der Waals surface area contributed by atoms with Crippen LogP contribution >= 0.6 is 7.82 Å². The summed E-state index contributed by atoms with van der Waals surface area (Å²) >= 11 is 0. The average Bonchev–Trinajstić information content (AvgIpc) is 2.14. The van der Waals surface area contributed by atoms with E-state index in [0.717, 1.165) is 89.9 Å². The molecule has 10 heteroatoms. The Hall–Kier alpha value is -3.07. The van der Waals surface area contributed by atoms with Gasteiger partial charge in [0, 0.05) is 12.8 Å². The molecule has 0 aliphatic heterocycles. The molecule has 2 unspecified atom stereocenters. The number of carbonyl (C=O) groups is 2. The SMILES string of the molecule is CC/C=C\C/C=C\C/C=C\C/C=C\C/C=C\C/C=C\CCCCCCCCCCCCC(=O)OC(COC(=O)CCCCCCCCCCCCCCCCCCCCCCCCCCCCC/C=C\C/C=C\CCCCCCC)COP(=O)(O)OCC[N+](C)(C)C. The Balaban J connectivity index is 3.95. The van der Waals surface area contributed by atoms with Gasteiger partial charge in [-0.05, 0) is 96.3 Å². The first-order valence-electron chi connectivity index (χ1n) is 39.0. The van der Waals surface area contributed by atoms with Gasteiger partial charge in [-0.15, -0.1) is 0 Å². The van der Waals surface area contributed by atoms with Crippen LogP contribution in [0, 0.1) is 0 Å². The highest BCUT2D eigenvalue weighted by atomic mass is 31.2. The standard InChI is InChI=1S/C82H148NO8P/c1-6-8-10-12-14-16-18-20-22-24-26-28-30-32-34-36-37-38-39-40-41-42-43-44-45-47-48-50-52-54-56-58-60-62-64-66-68-70-72-74-81(84)88-78-80(79-90-92(86,87)89-77-76-83(3,4)5)91-82(85)75-73-71-69-67-65-63-61-59-57-55-53-51-49-46-35-33-31-29-27-25-23-21-19-17-15-13-11-9-7-2/h9,11,15,17-18,20-21,23-24,26-27,29,33,35,49,51,80H,6-8,10,12-14,16,19,22,25,28,30-32,34,36-48,50,52-79H2,1-5H3/p+1/b11-9-,17-15-,20-18-,23-21-,26-24-,29-27-,35-33-,51-49-. The molecule has 0 radical (unpaired) electrons. The maximum Gasteiger partial charge on any atom is 0.472 e. The van der Waals surface area contributed by atoms with Crippen LogP contribution < -0.4 is 0 Å². The number of rotatable bonds is 72. The normalized spacial score (nSPS) is 13.6. The van der Waals surface area contributed by atoms with Crippen molar-refractivity contribution in [3.05, 3.63) is 97.2 Å². The van der Waals surface area contributed by atoms with Crippen molar-refractivity contribution in [3.63, 3.8) is 0 Å². The minimum atomic E-state index is -4.40. The number of nitrogens with zero attached hydrogens (tertiary/aromatic N) is 1. The van der Waals surface area contributed by atoms with Crippen LogP contribution in [0.25, 0.3) is 0 Å². The van der Waals surface area contributed by atoms with Crippen molar-refractivity contribution in [2.75, 3.05) is 47.5 Å². The van der Waals surface area contributed by atoms with Crippen LogP contribution in [-0.2, 0) is 32.7 Å². The molecule has 2 atom stereocenters. The van der Waals surface area contributed by atoms with E-state index >= 15 is 0 Å². The number of unbranched alkanes of at least 4 members (excludes halogenated alkanes) is 42. The molecule has 0 aromatic carbocycles. The number of hydrogen-bond donors (Lipinski definition) is 1. The summed E-state index contributed by atoms with van der Waals surface area (Å²) in [7, 11) is 1.48. The van der Waals surface area contributed by atoms with Crippen molar-refractivity contribution in [2.24, 2.45) is 0 Å². The third-order valence-corrected chi connectivity index (χ3v) is 18.1. The van der Waals surface area contributed by atoms with E-state index in [4.69, 9.17) is 18.5 Å². The molecule has 534 valence electrons. The number of carbonyl (C=O) groups excluding carboxylic acids is 2. The highest BCUT2D eigenvalue weighted by molar-refractivity contribution is 7.47. The largest absolute Gasteiger partial charge is 0.472 e. The first-order valence-corrected chi connectivity index (χ1v) is 40.5. The highest BCUT2D eigenvalue weighted by Crippen LogP contribution is 2.43. The summed E-state index contributed by atoms with van der Waals surface area (Å²) in [6.45, 7) is 4.35. The molecule has 0 aromatic heterocycles.